The van der Waals surface area contributed by atoms with Gasteiger partial charge in [-0.1, -0.05) is 6.92 Å². The first-order valence-corrected chi connectivity index (χ1v) is 7.82. The Bertz CT molecular complexity index is 505. The highest BCUT2D eigenvalue weighted by Gasteiger charge is 2.20. The third kappa shape index (κ3) is 3.50. The quantitative estimate of drug-likeness (QED) is 0.907. The summed E-state index contributed by atoms with van der Waals surface area (Å²) < 4.78 is 14.4. The van der Waals surface area contributed by atoms with Gasteiger partial charge < -0.3 is 10.2 Å². The van der Waals surface area contributed by atoms with Gasteiger partial charge in [0, 0.05) is 19.1 Å². The fourth-order valence-electron chi connectivity index (χ4n) is 2.58. The van der Waals surface area contributed by atoms with Crippen LogP contribution in [0.25, 0.3) is 0 Å². The summed E-state index contributed by atoms with van der Waals surface area (Å²) in [5, 5.41) is 12.1. The number of nitrogens with one attached hydrogen (secondary N) is 1. The molecule has 0 atom stereocenters. The lowest BCUT2D eigenvalue weighted by Crippen LogP contribution is -2.39. The van der Waals surface area contributed by atoms with Crippen molar-refractivity contribution in [2.75, 3.05) is 25.0 Å². The summed E-state index contributed by atoms with van der Waals surface area (Å²) >= 11 is 3.14. The molecule has 1 aromatic carbocycles. The van der Waals surface area contributed by atoms with E-state index in [0.29, 0.717) is 17.3 Å². The van der Waals surface area contributed by atoms with E-state index >= 15 is 0 Å². The summed E-state index contributed by atoms with van der Waals surface area (Å²) in [6, 6.07) is 5.56. The average Bonchev–Trinajstić information content (AvgIpc) is 2.46. The zero-order chi connectivity index (χ0) is 14.5. The molecule has 1 fully saturated rings. The molecule has 1 aromatic rings. The molecule has 108 valence electrons. The van der Waals surface area contributed by atoms with Crippen LogP contribution in [0.5, 0.6) is 0 Å². The van der Waals surface area contributed by atoms with Crippen LogP contribution >= 0.6 is 15.9 Å². The Hall–Kier alpha value is -1.12. The van der Waals surface area contributed by atoms with Crippen molar-refractivity contribution in [2.45, 2.75) is 32.2 Å². The van der Waals surface area contributed by atoms with Gasteiger partial charge in [-0.2, -0.15) is 5.26 Å². The minimum atomic E-state index is -0.375. The van der Waals surface area contributed by atoms with E-state index in [9.17, 15) is 4.39 Å². The van der Waals surface area contributed by atoms with Gasteiger partial charge in [0.05, 0.1) is 15.7 Å². The van der Waals surface area contributed by atoms with Gasteiger partial charge in [-0.15, -0.1) is 0 Å². The van der Waals surface area contributed by atoms with Crippen LogP contribution in [-0.4, -0.2) is 30.6 Å². The van der Waals surface area contributed by atoms with Gasteiger partial charge in [0.25, 0.3) is 0 Å². The smallest absolute Gasteiger partial charge is 0.161 e. The van der Waals surface area contributed by atoms with Crippen LogP contribution < -0.4 is 5.32 Å². The number of nitrogens with zero attached hydrogens (tertiary/aromatic N) is 2. The largest absolute Gasteiger partial charge is 0.380 e. The van der Waals surface area contributed by atoms with E-state index < -0.39 is 0 Å². The number of halogens is 2. The Labute approximate surface area is 127 Å². The zero-order valence-electron chi connectivity index (χ0n) is 11.6. The van der Waals surface area contributed by atoms with Gasteiger partial charge >= 0.3 is 0 Å². The summed E-state index contributed by atoms with van der Waals surface area (Å²) in [5.41, 5.74) is 0.802. The number of rotatable bonds is 4. The van der Waals surface area contributed by atoms with Gasteiger partial charge in [-0.3, -0.25) is 0 Å². The number of hydrogen-bond donors (Lipinski definition) is 1. The molecule has 20 heavy (non-hydrogen) atoms. The number of benzene rings is 1. The van der Waals surface area contributed by atoms with Crippen LogP contribution in [0.2, 0.25) is 0 Å². The van der Waals surface area contributed by atoms with E-state index in [4.69, 9.17) is 5.26 Å². The second-order valence-electron chi connectivity index (χ2n) is 5.16. The molecule has 1 N–H and O–H groups in total. The Balaban J connectivity index is 1.98. The molecule has 0 unspecified atom stereocenters. The Kier molecular flexibility index (Phi) is 5.38. The molecule has 0 bridgehead atoms. The number of piperidine rings is 1. The first-order chi connectivity index (χ1) is 9.65. The average molecular weight is 340 g/mol. The molecule has 0 aromatic heterocycles. The lowest BCUT2D eigenvalue weighted by molar-refractivity contribution is 0.219. The molecule has 5 heteroatoms. The first-order valence-electron chi connectivity index (χ1n) is 7.02. The van der Waals surface area contributed by atoms with Crippen molar-refractivity contribution < 1.29 is 4.39 Å². The summed E-state index contributed by atoms with van der Waals surface area (Å²) in [4.78, 5) is 2.45. The molecule has 1 aliphatic rings. The van der Waals surface area contributed by atoms with Gasteiger partial charge in [0.15, 0.2) is 5.82 Å². The van der Waals surface area contributed by atoms with Crippen molar-refractivity contribution in [2.24, 2.45) is 0 Å². The number of hydrogen-bond acceptors (Lipinski definition) is 3. The predicted molar refractivity (Wildman–Crippen MR) is 82.2 cm³/mol. The molecule has 2 rings (SSSR count). The van der Waals surface area contributed by atoms with Crippen molar-refractivity contribution in [1.29, 1.82) is 5.26 Å². The maximum Gasteiger partial charge on any atom is 0.161 e. The zero-order valence-corrected chi connectivity index (χ0v) is 13.2. The Morgan fingerprint density at radius 1 is 1.45 bits per heavy atom. The standard InChI is InChI=1S/C15H19BrFN3/c1-2-7-20-8-5-12(6-9-20)19-13-4-3-11(10-18)14(16)15(13)17/h3-4,12,19H,2,5-9H2,1H3. The molecule has 1 saturated heterocycles. The fourth-order valence-corrected chi connectivity index (χ4v) is 3.02. The van der Waals surface area contributed by atoms with Crippen molar-refractivity contribution in [3.05, 3.63) is 28.0 Å². The highest BCUT2D eigenvalue weighted by molar-refractivity contribution is 9.10. The molecule has 0 aliphatic carbocycles. The SMILES string of the molecule is CCCN1CCC(Nc2ccc(C#N)c(Br)c2F)CC1. The van der Waals surface area contributed by atoms with Gasteiger partial charge in [0.2, 0.25) is 0 Å². The van der Waals surface area contributed by atoms with Crippen LogP contribution in [0.4, 0.5) is 10.1 Å². The highest BCUT2D eigenvalue weighted by atomic mass is 79.9. The topological polar surface area (TPSA) is 39.1 Å². The van der Waals surface area contributed by atoms with Crippen LogP contribution in [-0.2, 0) is 0 Å². The van der Waals surface area contributed by atoms with E-state index in [1.807, 2.05) is 6.07 Å². The molecule has 0 amide bonds. The molecule has 1 heterocycles. The van der Waals surface area contributed by atoms with Crippen LogP contribution in [0.3, 0.4) is 0 Å². The van der Waals surface area contributed by atoms with E-state index in [1.54, 1.807) is 12.1 Å². The number of anilines is 1. The monoisotopic (exact) mass is 339 g/mol. The summed E-state index contributed by atoms with van der Waals surface area (Å²) in [5.74, 6) is -0.375. The number of likely N-dealkylation sites (tertiary alicyclic amines) is 1. The van der Waals surface area contributed by atoms with Gasteiger partial charge in [0.1, 0.15) is 6.07 Å². The maximum absolute atomic E-state index is 14.1. The molecule has 3 nitrogen and oxygen atoms in total. The Morgan fingerprint density at radius 2 is 2.15 bits per heavy atom. The van der Waals surface area contributed by atoms with E-state index in [2.05, 4.69) is 33.1 Å². The lowest BCUT2D eigenvalue weighted by atomic mass is 10.0. The molecular weight excluding hydrogens is 321 g/mol. The second-order valence-corrected chi connectivity index (χ2v) is 5.95. The number of nitriles is 1. The molecule has 0 saturated carbocycles. The highest BCUT2D eigenvalue weighted by Crippen LogP contribution is 2.28. The van der Waals surface area contributed by atoms with E-state index in [1.165, 1.54) is 6.42 Å². The van der Waals surface area contributed by atoms with Crippen molar-refractivity contribution in [3.8, 4) is 6.07 Å². The first kappa shape index (κ1) is 15.3. The summed E-state index contributed by atoms with van der Waals surface area (Å²) in [6.45, 7) is 5.45. The molecule has 0 radical (unpaired) electrons. The molecule has 0 spiro atoms. The van der Waals surface area contributed by atoms with Crippen LogP contribution in [0, 0.1) is 17.1 Å². The predicted octanol–water partition coefficient (Wildman–Crippen LogP) is 3.75. The summed E-state index contributed by atoms with van der Waals surface area (Å²) in [6.07, 6.45) is 3.23. The third-order valence-corrected chi connectivity index (χ3v) is 4.47. The maximum atomic E-state index is 14.1. The van der Waals surface area contributed by atoms with Crippen LogP contribution in [0.1, 0.15) is 31.7 Å². The van der Waals surface area contributed by atoms with E-state index in [-0.39, 0.29) is 10.3 Å². The molecular formula is C15H19BrFN3. The minimum Gasteiger partial charge on any atom is -0.380 e. The lowest BCUT2D eigenvalue weighted by Gasteiger charge is -2.32. The third-order valence-electron chi connectivity index (χ3n) is 3.69. The second kappa shape index (κ2) is 7.05. The Morgan fingerprint density at radius 3 is 2.75 bits per heavy atom. The minimum absolute atomic E-state index is 0.244. The van der Waals surface area contributed by atoms with Crippen molar-refractivity contribution in [1.82, 2.24) is 4.90 Å². The van der Waals surface area contributed by atoms with Crippen LogP contribution in [0.15, 0.2) is 16.6 Å². The summed E-state index contributed by atoms with van der Waals surface area (Å²) in [7, 11) is 0. The normalized spacial score (nSPS) is 16.9. The van der Waals surface area contributed by atoms with Crippen molar-refractivity contribution >= 4 is 21.6 Å². The molecule has 1 aliphatic heterocycles. The van der Waals surface area contributed by atoms with Gasteiger partial charge in [-0.05, 0) is 53.9 Å². The van der Waals surface area contributed by atoms with E-state index in [0.717, 1.165) is 32.5 Å². The van der Waals surface area contributed by atoms with Crippen molar-refractivity contribution in [3.63, 3.8) is 0 Å². The van der Waals surface area contributed by atoms with Gasteiger partial charge in [-0.25, -0.2) is 4.39 Å². The fraction of sp³-hybridized carbons (Fsp3) is 0.533.